The van der Waals surface area contributed by atoms with E-state index in [1.165, 1.54) is 5.57 Å². The summed E-state index contributed by atoms with van der Waals surface area (Å²) in [4.78, 5) is 15.8. The predicted octanol–water partition coefficient (Wildman–Crippen LogP) is 2.09. The molecule has 1 aromatic rings. The van der Waals surface area contributed by atoms with E-state index in [4.69, 9.17) is 4.74 Å². The maximum absolute atomic E-state index is 14.3. The molecule has 5 heteroatoms. The van der Waals surface area contributed by atoms with E-state index in [1.54, 1.807) is 0 Å². The second-order valence-electron chi connectivity index (χ2n) is 9.06. The molecule has 3 saturated heterocycles. The third-order valence-corrected chi connectivity index (χ3v) is 8.53. The second kappa shape index (κ2) is 4.30. The molecule has 4 fully saturated rings. The molecule has 134 valence electrons. The monoisotopic (exact) mass is 350 g/mol. The number of nitrogens with zero attached hydrogens (tertiary/aromatic N) is 2. The van der Waals surface area contributed by atoms with E-state index in [1.807, 2.05) is 18.2 Å². The molecule has 1 unspecified atom stereocenters. The van der Waals surface area contributed by atoms with Gasteiger partial charge in [-0.15, -0.1) is 0 Å². The molecule has 1 aliphatic carbocycles. The van der Waals surface area contributed by atoms with Crippen molar-refractivity contribution in [1.82, 2.24) is 9.55 Å². The van der Waals surface area contributed by atoms with Crippen LogP contribution in [0.4, 0.5) is 5.69 Å². The molecule has 7 rings (SSSR count). The average molecular weight is 350 g/mol. The van der Waals surface area contributed by atoms with Gasteiger partial charge in [0.15, 0.2) is 0 Å². The Labute approximate surface area is 152 Å². The van der Waals surface area contributed by atoms with Crippen LogP contribution in [0.15, 0.2) is 35.9 Å². The molecule has 26 heavy (non-hydrogen) atoms. The first kappa shape index (κ1) is 14.5. The van der Waals surface area contributed by atoms with Gasteiger partial charge in [-0.2, -0.15) is 0 Å². The number of carbonyl (C=O) groups excluding carboxylic acids is 1. The van der Waals surface area contributed by atoms with Crippen LogP contribution in [0, 0.1) is 17.0 Å². The van der Waals surface area contributed by atoms with Crippen LogP contribution in [-0.2, 0) is 14.9 Å². The molecule has 0 N–H and O–H groups in total. The van der Waals surface area contributed by atoms with Gasteiger partial charge < -0.3 is 9.94 Å². The lowest BCUT2D eigenvalue weighted by Gasteiger charge is -2.61. The van der Waals surface area contributed by atoms with E-state index in [9.17, 15) is 10.0 Å². The summed E-state index contributed by atoms with van der Waals surface area (Å²) in [5.74, 6) is 0.388. The number of rotatable bonds is 0. The second-order valence-corrected chi connectivity index (χ2v) is 9.06. The van der Waals surface area contributed by atoms with Crippen molar-refractivity contribution in [2.24, 2.45) is 11.8 Å². The van der Waals surface area contributed by atoms with Crippen molar-refractivity contribution in [3.63, 3.8) is 0 Å². The Balaban J connectivity index is 1.58. The number of carbonyl (C=O) groups is 1. The van der Waals surface area contributed by atoms with Crippen LogP contribution < -0.4 is 4.65 Å². The van der Waals surface area contributed by atoms with Gasteiger partial charge in [-0.1, -0.05) is 29.8 Å². The molecular formula is C21H22N2O3. The van der Waals surface area contributed by atoms with E-state index < -0.39 is 4.65 Å². The molecule has 0 radical (unpaired) electrons. The fourth-order valence-corrected chi connectivity index (χ4v) is 7.79. The zero-order valence-electron chi connectivity index (χ0n) is 14.6. The van der Waals surface area contributed by atoms with E-state index in [-0.39, 0.29) is 35.8 Å². The normalized spacial score (nSPS) is 50.3. The molecule has 7 atom stereocenters. The highest BCUT2D eigenvalue weighted by Crippen LogP contribution is 2.67. The largest absolute Gasteiger partial charge is 0.619 e. The van der Waals surface area contributed by atoms with E-state index >= 15 is 0 Å². The summed E-state index contributed by atoms with van der Waals surface area (Å²) >= 11 is 0. The van der Waals surface area contributed by atoms with Gasteiger partial charge in [0, 0.05) is 30.1 Å². The minimum Gasteiger partial charge on any atom is -0.619 e. The summed E-state index contributed by atoms with van der Waals surface area (Å²) in [5, 5.41) is 14.3. The van der Waals surface area contributed by atoms with Crippen LogP contribution in [0.3, 0.4) is 0 Å². The Morgan fingerprint density at radius 2 is 2.19 bits per heavy atom. The Hall–Kier alpha value is -1.53. The molecule has 0 aromatic heterocycles. The molecule has 5 heterocycles. The van der Waals surface area contributed by atoms with Crippen LogP contribution in [0.2, 0.25) is 0 Å². The van der Waals surface area contributed by atoms with Crippen LogP contribution in [-0.4, -0.2) is 48.7 Å². The Kier molecular flexibility index (Phi) is 2.40. The highest BCUT2D eigenvalue weighted by molar-refractivity contribution is 5.95. The molecule has 6 aliphatic rings. The summed E-state index contributed by atoms with van der Waals surface area (Å²) < 4.78 is 5.44. The quantitative estimate of drug-likeness (QED) is 0.408. The number of quaternary nitrogens is 1. The van der Waals surface area contributed by atoms with Gasteiger partial charge in [0.1, 0.15) is 11.7 Å². The van der Waals surface area contributed by atoms with Crippen molar-refractivity contribution < 1.29 is 9.53 Å². The van der Waals surface area contributed by atoms with Gasteiger partial charge >= 0.3 is 5.91 Å². The van der Waals surface area contributed by atoms with Crippen molar-refractivity contribution in [3.8, 4) is 0 Å². The molecule has 5 nitrogen and oxygen atoms in total. The van der Waals surface area contributed by atoms with E-state index in [0.29, 0.717) is 18.6 Å². The number of fused-ring (bicyclic) bond motifs is 2. The van der Waals surface area contributed by atoms with E-state index in [0.717, 1.165) is 37.2 Å². The summed E-state index contributed by atoms with van der Waals surface area (Å²) in [7, 11) is 0. The lowest BCUT2D eigenvalue weighted by Crippen LogP contribution is -2.74. The fraction of sp³-hybridized carbons (Fsp3) is 0.571. The first-order valence-corrected chi connectivity index (χ1v) is 9.93. The smallest absolute Gasteiger partial charge is 0.321 e. The fourth-order valence-electron chi connectivity index (χ4n) is 7.79. The molecule has 1 aromatic carbocycles. The van der Waals surface area contributed by atoms with Gasteiger partial charge in [-0.3, -0.25) is 9.55 Å². The third kappa shape index (κ3) is 1.29. The average Bonchev–Trinajstić information content (AvgIpc) is 3.08. The Bertz CT molecular complexity index is 897. The van der Waals surface area contributed by atoms with Gasteiger partial charge in [0.2, 0.25) is 0 Å². The lowest BCUT2D eigenvalue weighted by atomic mass is 9.53. The van der Waals surface area contributed by atoms with Gasteiger partial charge in [-0.25, -0.2) is 4.79 Å². The molecule has 1 amide bonds. The summed E-state index contributed by atoms with van der Waals surface area (Å²) in [5.41, 5.74) is 3.18. The summed E-state index contributed by atoms with van der Waals surface area (Å²) in [6.07, 6.45) is 4.54. The van der Waals surface area contributed by atoms with Crippen molar-refractivity contribution in [2.45, 2.75) is 42.9 Å². The minimum atomic E-state index is -0.727. The zero-order chi connectivity index (χ0) is 17.3. The van der Waals surface area contributed by atoms with Gasteiger partial charge in [0.05, 0.1) is 24.5 Å². The van der Waals surface area contributed by atoms with Crippen molar-refractivity contribution in [3.05, 3.63) is 46.7 Å². The number of ether oxygens (including phenoxy) is 1. The molecule has 5 aliphatic heterocycles. The Morgan fingerprint density at radius 3 is 3.12 bits per heavy atom. The minimum absolute atomic E-state index is 0.0919. The van der Waals surface area contributed by atoms with Gasteiger partial charge in [0.25, 0.3) is 0 Å². The highest BCUT2D eigenvalue weighted by Gasteiger charge is 2.76. The zero-order valence-corrected chi connectivity index (χ0v) is 14.6. The number of para-hydroxylation sites is 1. The maximum atomic E-state index is 14.3. The standard InChI is InChI=1S/C21H22N2O3/c24-18-10-16-19-13-9-17-21(6-7-22(17)11-12(13)5-8-26-16)14-3-1-2-4-15(14)23(18,25)20(19)21/h1-5,13,16-17,19-20H,6-11H2/t13-,16-,17-,19-,20-,21+,23?/m0/s1. The molecule has 2 bridgehead atoms. The Morgan fingerprint density at radius 1 is 1.31 bits per heavy atom. The van der Waals surface area contributed by atoms with Crippen molar-refractivity contribution >= 4 is 11.6 Å². The third-order valence-electron chi connectivity index (χ3n) is 8.53. The first-order chi connectivity index (χ1) is 12.7. The highest BCUT2D eigenvalue weighted by atomic mass is 16.6. The number of piperidine rings is 2. The van der Waals surface area contributed by atoms with Crippen LogP contribution in [0.5, 0.6) is 0 Å². The molecule has 1 spiro atoms. The first-order valence-electron chi connectivity index (χ1n) is 9.93. The van der Waals surface area contributed by atoms with Crippen LogP contribution in [0.1, 0.15) is 24.8 Å². The summed E-state index contributed by atoms with van der Waals surface area (Å²) in [6, 6.07) is 8.23. The SMILES string of the molecule is O=C1C[C@@H]2OCC=C3CN4CC[C@]56c7ccccc7[N+]1([O-])[C@H]5[C@H]2[C@H]3C[C@H]46. The van der Waals surface area contributed by atoms with E-state index in [2.05, 4.69) is 17.0 Å². The number of hydrogen-bond acceptors (Lipinski definition) is 4. The summed E-state index contributed by atoms with van der Waals surface area (Å²) in [6.45, 7) is 2.64. The number of hydroxylamine groups is 2. The van der Waals surface area contributed by atoms with Crippen LogP contribution in [0.25, 0.3) is 0 Å². The number of hydrogen-bond donors (Lipinski definition) is 0. The van der Waals surface area contributed by atoms with Crippen molar-refractivity contribution in [2.75, 3.05) is 19.7 Å². The lowest BCUT2D eigenvalue weighted by molar-refractivity contribution is -0.153. The van der Waals surface area contributed by atoms with Gasteiger partial charge in [-0.05, 0) is 25.3 Å². The maximum Gasteiger partial charge on any atom is 0.321 e. The van der Waals surface area contributed by atoms with Crippen LogP contribution >= 0.6 is 0 Å². The predicted molar refractivity (Wildman–Crippen MR) is 96.1 cm³/mol. The van der Waals surface area contributed by atoms with Crippen molar-refractivity contribution in [1.29, 1.82) is 0 Å². The number of amides is 1. The number of benzene rings is 1. The molecule has 1 saturated carbocycles. The molecular weight excluding hydrogens is 328 g/mol. The topological polar surface area (TPSA) is 52.6 Å².